The van der Waals surface area contributed by atoms with E-state index in [2.05, 4.69) is 15.4 Å². The Bertz CT molecular complexity index is 1350. The molecule has 0 spiro atoms. The summed E-state index contributed by atoms with van der Waals surface area (Å²) in [6, 6.07) is 8.21. The van der Waals surface area contributed by atoms with Crippen molar-refractivity contribution < 1.29 is 27.6 Å². The van der Waals surface area contributed by atoms with Crippen molar-refractivity contribution >= 4 is 34.3 Å². The summed E-state index contributed by atoms with van der Waals surface area (Å²) in [7, 11) is 0. The van der Waals surface area contributed by atoms with E-state index in [1.54, 1.807) is 29.3 Å². The van der Waals surface area contributed by atoms with Crippen LogP contribution in [-0.4, -0.2) is 68.0 Å². The second-order valence-corrected chi connectivity index (χ2v) is 9.26. The minimum atomic E-state index is -4.65. The number of fused-ring (bicyclic) bond motifs is 1. The van der Waals surface area contributed by atoms with Gasteiger partial charge < -0.3 is 15.1 Å². The minimum absolute atomic E-state index is 0.0534. The molecule has 37 heavy (non-hydrogen) atoms. The van der Waals surface area contributed by atoms with Gasteiger partial charge in [-0.3, -0.25) is 19.1 Å². The fraction of sp³-hybridized carbons (Fsp3) is 0.400. The number of pyridine rings is 1. The molecule has 0 saturated carbocycles. The van der Waals surface area contributed by atoms with Crippen molar-refractivity contribution in [2.75, 3.05) is 25.0 Å². The second-order valence-electron chi connectivity index (χ2n) is 9.26. The molecule has 0 aliphatic carbocycles. The highest BCUT2D eigenvalue weighted by Crippen LogP contribution is 2.28. The average Bonchev–Trinajstić information content (AvgIpc) is 3.48. The average molecular weight is 515 g/mol. The van der Waals surface area contributed by atoms with Crippen LogP contribution in [0.15, 0.2) is 42.6 Å². The number of piperidine rings is 1. The third-order valence-corrected chi connectivity index (χ3v) is 6.75. The van der Waals surface area contributed by atoms with Gasteiger partial charge in [0, 0.05) is 49.4 Å². The minimum Gasteiger partial charge on any atom is -0.341 e. The number of likely N-dealkylation sites (tertiary alicyclic amines) is 2. The Hall–Kier alpha value is -3.96. The van der Waals surface area contributed by atoms with Crippen molar-refractivity contribution in [3.63, 3.8) is 0 Å². The molecule has 2 fully saturated rings. The lowest BCUT2D eigenvalue weighted by Crippen LogP contribution is -2.47. The smallest absolute Gasteiger partial charge is 0.341 e. The van der Waals surface area contributed by atoms with Gasteiger partial charge in [-0.15, -0.1) is 0 Å². The number of halogens is 3. The Morgan fingerprint density at radius 2 is 1.86 bits per heavy atom. The molecule has 2 aliphatic rings. The van der Waals surface area contributed by atoms with E-state index in [1.807, 2.05) is 4.90 Å². The SMILES string of the molecule is O=C(Nc1ccc2nn(CC(=O)N3CCC(N4CCCC4=O)CC3)cc2c1)c1cccc(C(F)(F)F)n1. The van der Waals surface area contributed by atoms with Gasteiger partial charge >= 0.3 is 6.18 Å². The molecular weight excluding hydrogens is 489 g/mol. The highest BCUT2D eigenvalue weighted by atomic mass is 19.4. The van der Waals surface area contributed by atoms with Crippen LogP contribution in [0.2, 0.25) is 0 Å². The van der Waals surface area contributed by atoms with E-state index < -0.39 is 17.8 Å². The van der Waals surface area contributed by atoms with E-state index in [-0.39, 0.29) is 30.1 Å². The lowest BCUT2D eigenvalue weighted by molar-refractivity contribution is -0.141. The number of alkyl halides is 3. The van der Waals surface area contributed by atoms with Crippen molar-refractivity contribution in [2.24, 2.45) is 0 Å². The maximum atomic E-state index is 12.9. The predicted molar refractivity (Wildman–Crippen MR) is 127 cm³/mol. The molecule has 3 aromatic rings. The molecule has 0 radical (unpaired) electrons. The topological polar surface area (TPSA) is 100 Å². The van der Waals surface area contributed by atoms with E-state index in [0.717, 1.165) is 37.9 Å². The largest absolute Gasteiger partial charge is 0.433 e. The first kappa shape index (κ1) is 24.7. The van der Waals surface area contributed by atoms with Crippen LogP contribution < -0.4 is 5.32 Å². The Labute approximate surface area is 210 Å². The lowest BCUT2D eigenvalue weighted by atomic mass is 10.0. The van der Waals surface area contributed by atoms with Gasteiger partial charge in [-0.25, -0.2) is 4.98 Å². The zero-order valence-electron chi connectivity index (χ0n) is 19.9. The Kier molecular flexibility index (Phi) is 6.57. The molecule has 1 N–H and O–H groups in total. The number of anilines is 1. The van der Waals surface area contributed by atoms with Crippen LogP contribution in [0.3, 0.4) is 0 Å². The summed E-state index contributed by atoms with van der Waals surface area (Å²) in [5.74, 6) is -0.634. The van der Waals surface area contributed by atoms with Gasteiger partial charge in [0.05, 0.1) is 5.52 Å². The number of amides is 3. The van der Waals surface area contributed by atoms with E-state index in [9.17, 15) is 27.6 Å². The van der Waals surface area contributed by atoms with Crippen molar-refractivity contribution in [3.8, 4) is 0 Å². The number of nitrogens with zero attached hydrogens (tertiary/aromatic N) is 5. The number of nitrogens with one attached hydrogen (secondary N) is 1. The highest BCUT2D eigenvalue weighted by molar-refractivity contribution is 6.03. The number of carbonyl (C=O) groups is 3. The van der Waals surface area contributed by atoms with Gasteiger partial charge in [-0.1, -0.05) is 6.07 Å². The fourth-order valence-corrected chi connectivity index (χ4v) is 4.87. The molecule has 0 bridgehead atoms. The molecule has 194 valence electrons. The highest BCUT2D eigenvalue weighted by Gasteiger charge is 2.33. The summed E-state index contributed by atoms with van der Waals surface area (Å²) in [4.78, 5) is 44.4. The van der Waals surface area contributed by atoms with E-state index in [0.29, 0.717) is 36.1 Å². The van der Waals surface area contributed by atoms with E-state index >= 15 is 0 Å². The number of benzene rings is 1. The molecule has 2 aliphatic heterocycles. The van der Waals surface area contributed by atoms with Crippen LogP contribution in [0.5, 0.6) is 0 Å². The van der Waals surface area contributed by atoms with Gasteiger partial charge in [0.1, 0.15) is 17.9 Å². The third-order valence-electron chi connectivity index (χ3n) is 6.75. The lowest BCUT2D eigenvalue weighted by Gasteiger charge is -2.36. The normalized spacial score (nSPS) is 17.0. The molecule has 2 saturated heterocycles. The first-order valence-corrected chi connectivity index (χ1v) is 12.1. The van der Waals surface area contributed by atoms with Gasteiger partial charge in [-0.05, 0) is 49.6 Å². The van der Waals surface area contributed by atoms with Crippen LogP contribution in [0, 0.1) is 0 Å². The third kappa shape index (κ3) is 5.42. The molecule has 2 aromatic heterocycles. The summed E-state index contributed by atoms with van der Waals surface area (Å²) in [6.07, 6.45) is 0.0771. The first-order chi connectivity index (χ1) is 17.7. The maximum Gasteiger partial charge on any atom is 0.433 e. The summed E-state index contributed by atoms with van der Waals surface area (Å²) < 4.78 is 40.2. The van der Waals surface area contributed by atoms with Crippen molar-refractivity contribution in [3.05, 3.63) is 54.0 Å². The zero-order valence-corrected chi connectivity index (χ0v) is 19.9. The van der Waals surface area contributed by atoms with E-state index in [1.165, 1.54) is 10.7 Å². The molecule has 0 atom stereocenters. The number of aromatic nitrogens is 3. The number of carbonyl (C=O) groups excluding carboxylic acids is 3. The Morgan fingerprint density at radius 1 is 1.08 bits per heavy atom. The van der Waals surface area contributed by atoms with Crippen LogP contribution in [-0.2, 0) is 22.3 Å². The molecule has 4 heterocycles. The van der Waals surface area contributed by atoms with Gasteiger partial charge in [-0.2, -0.15) is 18.3 Å². The molecular formula is C25H25F3N6O3. The van der Waals surface area contributed by atoms with Gasteiger partial charge in [0.25, 0.3) is 5.91 Å². The maximum absolute atomic E-state index is 12.9. The molecule has 9 nitrogen and oxygen atoms in total. The van der Waals surface area contributed by atoms with Crippen molar-refractivity contribution in [1.29, 1.82) is 0 Å². The second kappa shape index (κ2) is 9.83. The van der Waals surface area contributed by atoms with E-state index in [4.69, 9.17) is 0 Å². The van der Waals surface area contributed by atoms with Crippen LogP contribution >= 0.6 is 0 Å². The zero-order chi connectivity index (χ0) is 26.2. The molecule has 1 aromatic carbocycles. The molecule has 5 rings (SSSR count). The standard InChI is InChI=1S/C25H25F3N6O3/c26-25(27,28)21-4-1-3-20(30-21)24(37)29-17-6-7-19-16(13-17)14-33(31-19)15-23(36)32-11-8-18(9-12-32)34-10-2-5-22(34)35/h1,3-4,6-7,13-14,18H,2,5,8-12,15H2,(H,29,37). The van der Waals surface area contributed by atoms with Gasteiger partial charge in [0.2, 0.25) is 11.8 Å². The molecule has 0 unspecified atom stereocenters. The summed E-state index contributed by atoms with van der Waals surface area (Å²) in [5.41, 5.74) is -0.528. The molecule has 12 heteroatoms. The van der Waals surface area contributed by atoms with Gasteiger partial charge in [0.15, 0.2) is 0 Å². The predicted octanol–water partition coefficient (Wildman–Crippen LogP) is 3.32. The summed E-state index contributed by atoms with van der Waals surface area (Å²) in [5, 5.41) is 7.63. The van der Waals surface area contributed by atoms with Crippen LogP contribution in [0.25, 0.3) is 10.9 Å². The van der Waals surface area contributed by atoms with Crippen molar-refractivity contribution in [2.45, 2.75) is 44.4 Å². The summed E-state index contributed by atoms with van der Waals surface area (Å²) >= 11 is 0. The molecule has 3 amide bonds. The Morgan fingerprint density at radius 3 is 2.57 bits per heavy atom. The van der Waals surface area contributed by atoms with Crippen molar-refractivity contribution in [1.82, 2.24) is 24.6 Å². The number of hydrogen-bond donors (Lipinski definition) is 1. The number of rotatable bonds is 5. The quantitative estimate of drug-likeness (QED) is 0.563. The number of hydrogen-bond acceptors (Lipinski definition) is 5. The van der Waals surface area contributed by atoms with Crippen LogP contribution in [0.1, 0.15) is 41.9 Å². The van der Waals surface area contributed by atoms with Crippen LogP contribution in [0.4, 0.5) is 18.9 Å². The Balaban J connectivity index is 1.20. The first-order valence-electron chi connectivity index (χ1n) is 12.1. The monoisotopic (exact) mass is 514 g/mol. The summed E-state index contributed by atoms with van der Waals surface area (Å²) in [6.45, 7) is 2.04. The fourth-order valence-electron chi connectivity index (χ4n) is 4.87.